The van der Waals surface area contributed by atoms with Gasteiger partial charge in [0.15, 0.2) is 11.6 Å². The number of rotatable bonds is 5. The first-order valence-corrected chi connectivity index (χ1v) is 14.7. The third-order valence-corrected chi connectivity index (χ3v) is 7.00. The van der Waals surface area contributed by atoms with Crippen LogP contribution in [0.4, 0.5) is 29.7 Å². The maximum absolute atomic E-state index is 13.9. The first-order valence-electron chi connectivity index (χ1n) is 12.8. The third kappa shape index (κ3) is 9.10. The summed E-state index contributed by atoms with van der Waals surface area (Å²) in [4.78, 5) is 37.9. The molecule has 12 heteroatoms. The fourth-order valence-corrected chi connectivity index (χ4v) is 4.62. The van der Waals surface area contributed by atoms with E-state index in [0.717, 1.165) is 12.1 Å². The monoisotopic (exact) mass is 601 g/mol. The molecule has 1 unspecified atom stereocenters. The second kappa shape index (κ2) is 12.3. The van der Waals surface area contributed by atoms with Crippen molar-refractivity contribution in [3.8, 4) is 11.1 Å². The molecule has 0 heterocycles. The van der Waals surface area contributed by atoms with Gasteiger partial charge in [-0.2, -0.15) is 0 Å². The first-order chi connectivity index (χ1) is 19.3. The van der Waals surface area contributed by atoms with E-state index in [1.54, 1.807) is 47.6 Å². The van der Waals surface area contributed by atoms with Crippen molar-refractivity contribution < 1.29 is 36.8 Å². The molecule has 3 amide bonds. The smallest absolute Gasteiger partial charge is 0.442 e. The molecule has 0 radical (unpaired) electrons. The lowest BCUT2D eigenvalue weighted by Gasteiger charge is -2.21. The Hall–Kier alpha value is -4.32. The number of hydrogen-bond donors (Lipinski definition) is 2. The zero-order valence-electron chi connectivity index (χ0n) is 24.3. The van der Waals surface area contributed by atoms with Crippen molar-refractivity contribution in [3.05, 3.63) is 77.9 Å². The second-order valence-electron chi connectivity index (χ2n) is 11.4. The zero-order valence-corrected chi connectivity index (χ0v) is 25.2. The van der Waals surface area contributed by atoms with Crippen molar-refractivity contribution in [2.45, 2.75) is 57.6 Å². The van der Waals surface area contributed by atoms with Crippen molar-refractivity contribution in [2.24, 2.45) is 4.36 Å². The lowest BCUT2D eigenvalue weighted by Crippen LogP contribution is -2.27. The maximum Gasteiger partial charge on any atom is 0.442 e. The summed E-state index contributed by atoms with van der Waals surface area (Å²) in [5.41, 5.74) is -0.323. The molecule has 224 valence electrons. The standard InChI is InChI=1S/C30H33F2N3O6S/c1-29(2,3)40-27(37)34-24-15-11-20(19-10-14-22(31)23(32)16-19)17-25(24)33-26(36)18-8-12-21(13-9-18)42(7,39)35-28(38)41-30(4,5)6/h8-17H,1-7H3,(H,33,36)(H,34,37). The van der Waals surface area contributed by atoms with Gasteiger partial charge in [-0.15, -0.1) is 4.36 Å². The van der Waals surface area contributed by atoms with Gasteiger partial charge in [0.05, 0.1) is 21.1 Å². The minimum atomic E-state index is -3.16. The molecule has 0 saturated heterocycles. The van der Waals surface area contributed by atoms with Crippen LogP contribution in [-0.2, 0) is 19.2 Å². The number of halogens is 2. The molecular weight excluding hydrogens is 568 g/mol. The van der Waals surface area contributed by atoms with Crippen LogP contribution in [0, 0.1) is 11.6 Å². The average molecular weight is 602 g/mol. The Morgan fingerprint density at radius 3 is 1.88 bits per heavy atom. The molecule has 0 bridgehead atoms. The molecular formula is C30H33F2N3O6S. The summed E-state index contributed by atoms with van der Waals surface area (Å²) < 4.78 is 54.5. The van der Waals surface area contributed by atoms with Crippen LogP contribution in [0.3, 0.4) is 0 Å². The Labute approximate surface area is 243 Å². The van der Waals surface area contributed by atoms with Gasteiger partial charge < -0.3 is 14.8 Å². The Bertz CT molecular complexity index is 1630. The summed E-state index contributed by atoms with van der Waals surface area (Å²) >= 11 is 0. The van der Waals surface area contributed by atoms with E-state index in [-0.39, 0.29) is 21.8 Å². The molecule has 1 atom stereocenters. The van der Waals surface area contributed by atoms with E-state index in [1.165, 1.54) is 48.7 Å². The molecule has 0 aromatic heterocycles. The van der Waals surface area contributed by atoms with Gasteiger partial charge in [0.25, 0.3) is 5.91 Å². The zero-order chi connectivity index (χ0) is 31.5. The highest BCUT2D eigenvalue weighted by Gasteiger charge is 2.20. The average Bonchev–Trinajstić information content (AvgIpc) is 2.84. The Morgan fingerprint density at radius 2 is 1.31 bits per heavy atom. The van der Waals surface area contributed by atoms with Gasteiger partial charge in [-0.25, -0.2) is 22.6 Å². The SMILES string of the molecule is CC(C)(C)OC(=O)N=S(C)(=O)c1ccc(C(=O)Nc2cc(-c3ccc(F)c(F)c3)ccc2NC(=O)OC(C)(C)C)cc1. The van der Waals surface area contributed by atoms with Crippen LogP contribution in [-0.4, -0.2) is 39.8 Å². The van der Waals surface area contributed by atoms with Crippen LogP contribution in [0.25, 0.3) is 11.1 Å². The number of amides is 3. The van der Waals surface area contributed by atoms with Crippen LogP contribution in [0.15, 0.2) is 69.9 Å². The van der Waals surface area contributed by atoms with Gasteiger partial charge in [0.2, 0.25) is 0 Å². The molecule has 0 aliphatic rings. The van der Waals surface area contributed by atoms with Gasteiger partial charge >= 0.3 is 12.2 Å². The van der Waals surface area contributed by atoms with Crippen LogP contribution in [0.2, 0.25) is 0 Å². The number of nitrogens with one attached hydrogen (secondary N) is 2. The lowest BCUT2D eigenvalue weighted by molar-refractivity contribution is 0.0603. The fourth-order valence-electron chi connectivity index (χ4n) is 3.55. The van der Waals surface area contributed by atoms with Gasteiger partial charge in [0, 0.05) is 16.7 Å². The molecule has 0 saturated carbocycles. The number of hydrogen-bond acceptors (Lipinski definition) is 6. The summed E-state index contributed by atoms with van der Waals surface area (Å²) in [6.45, 7) is 10.1. The summed E-state index contributed by atoms with van der Waals surface area (Å²) in [5, 5.41) is 5.28. The Balaban J connectivity index is 1.92. The quantitative estimate of drug-likeness (QED) is 0.310. The summed E-state index contributed by atoms with van der Waals surface area (Å²) in [6.07, 6.45) is -0.457. The van der Waals surface area contributed by atoms with Gasteiger partial charge in [-0.3, -0.25) is 10.1 Å². The highest BCUT2D eigenvalue weighted by atomic mass is 32.2. The molecule has 3 aromatic rings. The van der Waals surface area contributed by atoms with E-state index in [1.807, 2.05) is 0 Å². The number of nitrogens with zero attached hydrogens (tertiary/aromatic N) is 1. The van der Waals surface area contributed by atoms with E-state index in [9.17, 15) is 27.4 Å². The molecule has 9 nitrogen and oxygen atoms in total. The van der Waals surface area contributed by atoms with Crippen molar-refractivity contribution >= 4 is 39.2 Å². The van der Waals surface area contributed by atoms with Crippen molar-refractivity contribution in [1.82, 2.24) is 0 Å². The predicted molar refractivity (Wildman–Crippen MR) is 157 cm³/mol. The molecule has 0 aliphatic heterocycles. The van der Waals surface area contributed by atoms with E-state index < -0.39 is 50.7 Å². The Morgan fingerprint density at radius 1 is 0.738 bits per heavy atom. The molecule has 0 spiro atoms. The number of carbonyl (C=O) groups is 3. The second-order valence-corrected chi connectivity index (χ2v) is 13.6. The molecule has 42 heavy (non-hydrogen) atoms. The highest BCUT2D eigenvalue weighted by molar-refractivity contribution is 7.93. The number of carbonyl (C=O) groups excluding carboxylic acids is 3. The van der Waals surface area contributed by atoms with E-state index in [2.05, 4.69) is 15.0 Å². The number of ether oxygens (including phenoxy) is 2. The lowest BCUT2D eigenvalue weighted by atomic mass is 10.0. The first kappa shape index (κ1) is 32.2. The summed E-state index contributed by atoms with van der Waals surface area (Å²) in [7, 11) is -3.16. The van der Waals surface area contributed by atoms with Gasteiger partial charge in [0.1, 0.15) is 11.2 Å². The number of anilines is 2. The van der Waals surface area contributed by atoms with Crippen molar-refractivity contribution in [2.75, 3.05) is 16.9 Å². The minimum absolute atomic E-state index is 0.149. The van der Waals surface area contributed by atoms with Crippen LogP contribution in [0.5, 0.6) is 0 Å². The predicted octanol–water partition coefficient (Wildman–Crippen LogP) is 7.62. The maximum atomic E-state index is 13.9. The van der Waals surface area contributed by atoms with E-state index >= 15 is 0 Å². The molecule has 3 rings (SSSR count). The largest absolute Gasteiger partial charge is 0.444 e. The molecule has 2 N–H and O–H groups in total. The van der Waals surface area contributed by atoms with Crippen molar-refractivity contribution in [1.29, 1.82) is 0 Å². The van der Waals surface area contributed by atoms with E-state index in [0.29, 0.717) is 11.1 Å². The summed E-state index contributed by atoms with van der Waals surface area (Å²) in [5.74, 6) is -2.64. The molecule has 3 aromatic carbocycles. The van der Waals surface area contributed by atoms with E-state index in [4.69, 9.17) is 9.47 Å². The van der Waals surface area contributed by atoms with Gasteiger partial charge in [-0.1, -0.05) is 12.1 Å². The highest BCUT2D eigenvalue weighted by Crippen LogP contribution is 2.31. The fraction of sp³-hybridized carbons (Fsp3) is 0.300. The molecule has 0 aliphatic carbocycles. The Kier molecular flexibility index (Phi) is 9.41. The van der Waals surface area contributed by atoms with Crippen molar-refractivity contribution in [3.63, 3.8) is 0 Å². The minimum Gasteiger partial charge on any atom is -0.444 e. The number of benzene rings is 3. The van der Waals surface area contributed by atoms with Gasteiger partial charge in [-0.05, 0) is 101 Å². The third-order valence-electron chi connectivity index (χ3n) is 5.35. The van der Waals surface area contributed by atoms with Crippen LogP contribution in [0.1, 0.15) is 51.9 Å². The van der Waals surface area contributed by atoms with Crippen LogP contribution < -0.4 is 10.6 Å². The van der Waals surface area contributed by atoms with Crippen LogP contribution >= 0.6 is 0 Å². The summed E-state index contributed by atoms with van der Waals surface area (Å²) in [6, 6.07) is 13.5. The molecule has 0 fully saturated rings. The normalized spacial score (nSPS) is 13.0. The topological polar surface area (TPSA) is 123 Å².